The van der Waals surface area contributed by atoms with Crippen LogP contribution in [0.4, 0.5) is 0 Å². The van der Waals surface area contributed by atoms with Crippen molar-refractivity contribution in [2.24, 2.45) is 17.8 Å². The zero-order valence-corrected chi connectivity index (χ0v) is 18.3. The fraction of sp³-hybridized carbons (Fsp3) is 0.538. The molecule has 1 heterocycles. The molecule has 4 rings (SSSR count). The largest absolute Gasteiger partial charge is 0.458 e. The third-order valence-electron chi connectivity index (χ3n) is 6.83. The first kappa shape index (κ1) is 21.7. The number of esters is 1. The zero-order chi connectivity index (χ0) is 21.8. The standard InChI is InChI=1S/C26H32O5/c1-3-4-5-9-12-21(27)13-14-22-23-17-26(30-18(2)31-26)16-20(23)15-24(22)29-25(28)19-10-7-6-8-11-19/h6-8,10-11,13-14,20,22-24H,2-5,9,12,15-17H2,1H3/b14-13+/t20-,22-,23+,24-/m1/s1. The van der Waals surface area contributed by atoms with E-state index in [1.807, 2.05) is 24.3 Å². The van der Waals surface area contributed by atoms with E-state index in [4.69, 9.17) is 14.2 Å². The van der Waals surface area contributed by atoms with E-state index in [9.17, 15) is 9.59 Å². The first-order valence-corrected chi connectivity index (χ1v) is 11.5. The molecule has 31 heavy (non-hydrogen) atoms. The molecule has 3 aliphatic rings. The summed E-state index contributed by atoms with van der Waals surface area (Å²) in [6.45, 7) is 5.87. The molecule has 1 aromatic carbocycles. The fourth-order valence-electron chi connectivity index (χ4n) is 5.39. The molecular weight excluding hydrogens is 392 g/mol. The molecule has 0 amide bonds. The molecule has 3 fully saturated rings. The van der Waals surface area contributed by atoms with Gasteiger partial charge in [0.15, 0.2) is 5.78 Å². The van der Waals surface area contributed by atoms with Gasteiger partial charge in [0.2, 0.25) is 0 Å². The lowest BCUT2D eigenvalue weighted by Crippen LogP contribution is -2.43. The number of hydrogen-bond donors (Lipinski definition) is 0. The zero-order valence-electron chi connectivity index (χ0n) is 18.3. The SMILES string of the molecule is C=C1OC2(C[C@H]3C[C@@H](OC(=O)c4ccccc4)[C@H](/C=C/C(=O)CCCCCC)[C@H]3C2)O1. The molecule has 1 spiro atoms. The van der Waals surface area contributed by atoms with E-state index in [1.165, 1.54) is 0 Å². The third-order valence-corrected chi connectivity index (χ3v) is 6.83. The summed E-state index contributed by atoms with van der Waals surface area (Å²) in [6, 6.07) is 9.06. The first-order chi connectivity index (χ1) is 15.0. The van der Waals surface area contributed by atoms with Crippen molar-refractivity contribution in [3.8, 4) is 0 Å². The third kappa shape index (κ3) is 4.86. The van der Waals surface area contributed by atoms with Crippen LogP contribution >= 0.6 is 0 Å². The van der Waals surface area contributed by atoms with Crippen LogP contribution in [0.2, 0.25) is 0 Å². The quantitative estimate of drug-likeness (QED) is 0.295. The Balaban J connectivity index is 1.43. The summed E-state index contributed by atoms with van der Waals surface area (Å²) in [4.78, 5) is 25.1. The predicted octanol–water partition coefficient (Wildman–Crippen LogP) is 5.57. The minimum absolute atomic E-state index is 0.0160. The van der Waals surface area contributed by atoms with Crippen LogP contribution in [0.3, 0.4) is 0 Å². The Labute approximate surface area is 184 Å². The molecule has 1 saturated heterocycles. The van der Waals surface area contributed by atoms with Crippen molar-refractivity contribution in [3.05, 3.63) is 60.6 Å². The normalized spacial score (nSPS) is 28.1. The van der Waals surface area contributed by atoms with E-state index >= 15 is 0 Å². The Kier molecular flexibility index (Phi) is 6.49. The number of carbonyl (C=O) groups is 2. The van der Waals surface area contributed by atoms with Crippen LogP contribution in [0.15, 0.2) is 55.0 Å². The van der Waals surface area contributed by atoms with Crippen molar-refractivity contribution in [2.75, 3.05) is 0 Å². The molecule has 1 aliphatic heterocycles. The number of carbonyl (C=O) groups excluding carboxylic acids is 2. The maximum Gasteiger partial charge on any atom is 0.338 e. The van der Waals surface area contributed by atoms with Gasteiger partial charge >= 0.3 is 5.97 Å². The second-order valence-corrected chi connectivity index (χ2v) is 9.08. The lowest BCUT2D eigenvalue weighted by Gasteiger charge is -2.41. The smallest absolute Gasteiger partial charge is 0.338 e. The number of hydrogen-bond acceptors (Lipinski definition) is 5. The van der Waals surface area contributed by atoms with Crippen molar-refractivity contribution >= 4 is 11.8 Å². The first-order valence-electron chi connectivity index (χ1n) is 11.5. The fourth-order valence-corrected chi connectivity index (χ4v) is 5.39. The highest BCUT2D eigenvalue weighted by Gasteiger charge is 2.60. The van der Waals surface area contributed by atoms with Gasteiger partial charge < -0.3 is 14.2 Å². The van der Waals surface area contributed by atoms with Crippen LogP contribution in [-0.2, 0) is 19.0 Å². The van der Waals surface area contributed by atoms with Crippen molar-refractivity contribution in [1.29, 1.82) is 0 Å². The van der Waals surface area contributed by atoms with E-state index < -0.39 is 5.79 Å². The highest BCUT2D eigenvalue weighted by molar-refractivity contribution is 5.90. The minimum atomic E-state index is -0.572. The molecule has 4 atom stereocenters. The molecule has 5 nitrogen and oxygen atoms in total. The lowest BCUT2D eigenvalue weighted by atomic mass is 9.90. The number of benzene rings is 1. The van der Waals surface area contributed by atoms with Gasteiger partial charge in [0, 0.05) is 25.2 Å². The summed E-state index contributed by atoms with van der Waals surface area (Å²) in [7, 11) is 0. The van der Waals surface area contributed by atoms with Gasteiger partial charge in [-0.1, -0.05) is 50.5 Å². The van der Waals surface area contributed by atoms with Gasteiger partial charge in [-0.05, 0) is 49.5 Å². The summed E-state index contributed by atoms with van der Waals surface area (Å²) in [6.07, 6.45) is 10.6. The summed E-state index contributed by atoms with van der Waals surface area (Å²) >= 11 is 0. The Morgan fingerprint density at radius 1 is 1.16 bits per heavy atom. The van der Waals surface area contributed by atoms with Gasteiger partial charge in [0.05, 0.1) is 5.56 Å². The number of allylic oxidation sites excluding steroid dienone is 1. The maximum atomic E-state index is 12.7. The lowest BCUT2D eigenvalue weighted by molar-refractivity contribution is -0.332. The van der Waals surface area contributed by atoms with E-state index in [0.29, 0.717) is 23.8 Å². The van der Waals surface area contributed by atoms with E-state index in [0.717, 1.165) is 44.9 Å². The summed E-state index contributed by atoms with van der Waals surface area (Å²) in [5.74, 6) is 0.205. The summed E-state index contributed by atoms with van der Waals surface area (Å²) in [5.41, 5.74) is 0.549. The average Bonchev–Trinajstić information content (AvgIpc) is 3.24. The molecule has 1 aromatic rings. The molecule has 5 heteroatoms. The van der Waals surface area contributed by atoms with Gasteiger partial charge in [-0.15, -0.1) is 0 Å². The second-order valence-electron chi connectivity index (χ2n) is 9.08. The monoisotopic (exact) mass is 424 g/mol. The Morgan fingerprint density at radius 3 is 2.65 bits per heavy atom. The van der Waals surface area contributed by atoms with Crippen molar-refractivity contribution in [3.63, 3.8) is 0 Å². The molecule has 0 radical (unpaired) electrons. The number of unbranched alkanes of at least 4 members (excludes halogenated alkanes) is 3. The second kappa shape index (κ2) is 9.29. The van der Waals surface area contributed by atoms with Gasteiger partial charge in [-0.3, -0.25) is 4.79 Å². The average molecular weight is 425 g/mol. The molecule has 166 valence electrons. The molecule has 2 saturated carbocycles. The number of ether oxygens (including phenoxy) is 3. The Bertz CT molecular complexity index is 835. The van der Waals surface area contributed by atoms with Gasteiger partial charge in [-0.2, -0.15) is 0 Å². The topological polar surface area (TPSA) is 61.8 Å². The molecule has 0 bridgehead atoms. The van der Waals surface area contributed by atoms with Crippen LogP contribution in [-0.4, -0.2) is 23.6 Å². The summed E-state index contributed by atoms with van der Waals surface area (Å²) < 4.78 is 17.4. The molecular formula is C26H32O5. The molecule has 0 unspecified atom stereocenters. The highest BCUT2D eigenvalue weighted by atomic mass is 16.9. The van der Waals surface area contributed by atoms with Crippen LogP contribution < -0.4 is 0 Å². The van der Waals surface area contributed by atoms with Gasteiger partial charge in [-0.25, -0.2) is 4.79 Å². The number of fused-ring (bicyclic) bond motifs is 1. The highest BCUT2D eigenvalue weighted by Crippen LogP contribution is 2.58. The maximum absolute atomic E-state index is 12.7. The van der Waals surface area contributed by atoms with Crippen molar-refractivity contribution in [1.82, 2.24) is 0 Å². The van der Waals surface area contributed by atoms with E-state index in [2.05, 4.69) is 13.5 Å². The predicted molar refractivity (Wildman–Crippen MR) is 117 cm³/mol. The minimum Gasteiger partial charge on any atom is -0.458 e. The van der Waals surface area contributed by atoms with Gasteiger partial charge in [0.25, 0.3) is 11.7 Å². The van der Waals surface area contributed by atoms with Crippen LogP contribution in [0.1, 0.15) is 68.6 Å². The molecule has 0 N–H and O–H groups in total. The number of rotatable bonds is 9. The van der Waals surface area contributed by atoms with Crippen LogP contribution in [0.5, 0.6) is 0 Å². The van der Waals surface area contributed by atoms with Crippen LogP contribution in [0.25, 0.3) is 0 Å². The summed E-state index contributed by atoms with van der Waals surface area (Å²) in [5, 5.41) is 0. The van der Waals surface area contributed by atoms with Crippen LogP contribution in [0, 0.1) is 17.8 Å². The van der Waals surface area contributed by atoms with E-state index in [-0.39, 0.29) is 29.7 Å². The van der Waals surface area contributed by atoms with Crippen molar-refractivity contribution in [2.45, 2.75) is 70.2 Å². The molecule has 0 aromatic heterocycles. The van der Waals surface area contributed by atoms with Gasteiger partial charge in [0.1, 0.15) is 6.10 Å². The Hall–Kier alpha value is -2.56. The molecule has 2 aliphatic carbocycles. The van der Waals surface area contributed by atoms with Crippen molar-refractivity contribution < 1.29 is 23.8 Å². The number of ketones is 1. The Morgan fingerprint density at radius 2 is 1.94 bits per heavy atom. The van der Waals surface area contributed by atoms with E-state index in [1.54, 1.807) is 18.2 Å².